The molecular formula is C17H22N2O. The van der Waals surface area contributed by atoms with Crippen molar-refractivity contribution in [3.63, 3.8) is 0 Å². The summed E-state index contributed by atoms with van der Waals surface area (Å²) < 4.78 is 0. The lowest BCUT2D eigenvalue weighted by Crippen LogP contribution is -2.13. The third-order valence-corrected chi connectivity index (χ3v) is 3.34. The molecule has 106 valence electrons. The van der Waals surface area contributed by atoms with Gasteiger partial charge < -0.3 is 10.4 Å². The summed E-state index contributed by atoms with van der Waals surface area (Å²) in [4.78, 5) is 3.95. The Balaban J connectivity index is 1.94. The minimum absolute atomic E-state index is 0.162. The molecule has 0 aliphatic carbocycles. The number of hydrogen-bond donors (Lipinski definition) is 2. The Morgan fingerprint density at radius 2 is 1.65 bits per heavy atom. The lowest BCUT2D eigenvalue weighted by molar-refractivity contribution is 0.191. The fourth-order valence-electron chi connectivity index (χ4n) is 2.01. The second kappa shape index (κ2) is 6.06. The Morgan fingerprint density at radius 1 is 1.05 bits per heavy atom. The summed E-state index contributed by atoms with van der Waals surface area (Å²) in [5, 5.41) is 13.3. The van der Waals surface area contributed by atoms with E-state index < -0.39 is 6.10 Å². The molecule has 0 saturated carbocycles. The van der Waals surface area contributed by atoms with Crippen LogP contribution in [0.3, 0.4) is 0 Å². The van der Waals surface area contributed by atoms with Gasteiger partial charge in [0.15, 0.2) is 0 Å². The first-order valence-electron chi connectivity index (χ1n) is 6.89. The fraction of sp³-hybridized carbons (Fsp3) is 0.353. The second-order valence-electron chi connectivity index (χ2n) is 6.00. The molecule has 0 spiro atoms. The van der Waals surface area contributed by atoms with Crippen LogP contribution in [-0.2, 0) is 5.41 Å². The van der Waals surface area contributed by atoms with Gasteiger partial charge in [-0.1, -0.05) is 32.9 Å². The number of rotatable bonds is 4. The number of benzene rings is 1. The highest BCUT2D eigenvalue weighted by Gasteiger charge is 2.13. The summed E-state index contributed by atoms with van der Waals surface area (Å²) in [6.07, 6.45) is 2.85. The van der Waals surface area contributed by atoms with Gasteiger partial charge in [-0.2, -0.15) is 0 Å². The van der Waals surface area contributed by atoms with Gasteiger partial charge in [0.05, 0.1) is 6.10 Å². The maximum Gasteiger partial charge on any atom is 0.0963 e. The van der Waals surface area contributed by atoms with Crippen LogP contribution in [0.4, 0.5) is 5.69 Å². The molecule has 0 saturated heterocycles. The van der Waals surface area contributed by atoms with Crippen molar-refractivity contribution >= 4 is 5.69 Å². The molecule has 0 radical (unpaired) electrons. The summed E-state index contributed by atoms with van der Waals surface area (Å²) in [5.74, 6) is 0. The van der Waals surface area contributed by atoms with Crippen LogP contribution < -0.4 is 5.32 Å². The van der Waals surface area contributed by atoms with Gasteiger partial charge in [0.2, 0.25) is 0 Å². The number of aliphatic hydroxyl groups is 1. The minimum Gasteiger partial charge on any atom is -0.387 e. The van der Waals surface area contributed by atoms with Gasteiger partial charge in [0.25, 0.3) is 0 Å². The first-order chi connectivity index (χ1) is 9.47. The molecule has 1 aromatic heterocycles. The number of hydrogen-bond acceptors (Lipinski definition) is 3. The monoisotopic (exact) mass is 270 g/mol. The van der Waals surface area contributed by atoms with Crippen LogP contribution in [0.1, 0.15) is 38.0 Å². The second-order valence-corrected chi connectivity index (χ2v) is 6.00. The average molecular weight is 270 g/mol. The van der Waals surface area contributed by atoms with Crippen LogP contribution in [0.15, 0.2) is 48.8 Å². The van der Waals surface area contributed by atoms with Crippen molar-refractivity contribution in [3.8, 4) is 0 Å². The third kappa shape index (κ3) is 3.81. The van der Waals surface area contributed by atoms with Gasteiger partial charge in [-0.3, -0.25) is 4.98 Å². The van der Waals surface area contributed by atoms with Crippen LogP contribution in [0.2, 0.25) is 0 Å². The van der Waals surface area contributed by atoms with Crippen molar-refractivity contribution in [1.29, 1.82) is 0 Å². The molecule has 1 heterocycles. The van der Waals surface area contributed by atoms with E-state index >= 15 is 0 Å². The van der Waals surface area contributed by atoms with Crippen LogP contribution in [-0.4, -0.2) is 16.6 Å². The molecule has 0 bridgehead atoms. The van der Waals surface area contributed by atoms with Crippen molar-refractivity contribution in [1.82, 2.24) is 4.98 Å². The Labute approximate surface area is 120 Å². The van der Waals surface area contributed by atoms with Gasteiger partial charge in [-0.05, 0) is 40.8 Å². The van der Waals surface area contributed by atoms with E-state index in [0.29, 0.717) is 6.54 Å². The van der Waals surface area contributed by atoms with Gasteiger partial charge in [-0.15, -0.1) is 0 Å². The van der Waals surface area contributed by atoms with Crippen molar-refractivity contribution < 1.29 is 5.11 Å². The summed E-state index contributed by atoms with van der Waals surface area (Å²) in [5.41, 5.74) is 3.36. The highest BCUT2D eigenvalue weighted by atomic mass is 16.3. The molecular weight excluding hydrogens is 248 g/mol. The fourth-order valence-corrected chi connectivity index (χ4v) is 2.01. The minimum atomic E-state index is -0.528. The third-order valence-electron chi connectivity index (χ3n) is 3.34. The van der Waals surface area contributed by atoms with Gasteiger partial charge in [-0.25, -0.2) is 0 Å². The predicted octanol–water partition coefficient (Wildman–Crippen LogP) is 3.52. The molecule has 0 aliphatic rings. The van der Waals surface area contributed by atoms with E-state index in [0.717, 1.165) is 11.3 Å². The zero-order valence-corrected chi connectivity index (χ0v) is 12.3. The standard InChI is InChI=1S/C17H22N2O/c1-17(2,3)14-4-6-15(7-5-14)19-12-16(20)13-8-10-18-11-9-13/h4-11,16,19-20H,12H2,1-3H3. The molecule has 0 amide bonds. The van der Waals surface area contributed by atoms with Gasteiger partial charge in [0.1, 0.15) is 0 Å². The summed E-state index contributed by atoms with van der Waals surface area (Å²) in [6, 6.07) is 12.0. The van der Waals surface area contributed by atoms with Gasteiger partial charge >= 0.3 is 0 Å². The Bertz CT molecular complexity index is 529. The Morgan fingerprint density at radius 3 is 2.20 bits per heavy atom. The zero-order chi connectivity index (χ0) is 14.6. The van der Waals surface area contributed by atoms with E-state index in [9.17, 15) is 5.11 Å². The van der Waals surface area contributed by atoms with Crippen molar-refractivity contribution in [3.05, 3.63) is 59.9 Å². The summed E-state index contributed by atoms with van der Waals surface area (Å²) in [7, 11) is 0. The lowest BCUT2D eigenvalue weighted by Gasteiger charge is -2.19. The van der Waals surface area contributed by atoms with Crippen LogP contribution >= 0.6 is 0 Å². The molecule has 20 heavy (non-hydrogen) atoms. The molecule has 2 aromatic rings. The van der Waals surface area contributed by atoms with Crippen molar-refractivity contribution in [2.75, 3.05) is 11.9 Å². The predicted molar refractivity (Wildman–Crippen MR) is 82.8 cm³/mol. The molecule has 1 unspecified atom stereocenters. The molecule has 2 rings (SSSR count). The van der Waals surface area contributed by atoms with Crippen LogP contribution in [0.5, 0.6) is 0 Å². The van der Waals surface area contributed by atoms with E-state index in [1.165, 1.54) is 5.56 Å². The number of nitrogens with zero attached hydrogens (tertiary/aromatic N) is 1. The SMILES string of the molecule is CC(C)(C)c1ccc(NCC(O)c2ccncc2)cc1. The number of aliphatic hydroxyl groups excluding tert-OH is 1. The Hall–Kier alpha value is -1.87. The molecule has 1 atom stereocenters. The maximum absolute atomic E-state index is 10.1. The average Bonchev–Trinajstić information content (AvgIpc) is 2.45. The van der Waals surface area contributed by atoms with Crippen LogP contribution in [0, 0.1) is 0 Å². The first-order valence-corrected chi connectivity index (χ1v) is 6.89. The molecule has 1 aromatic carbocycles. The largest absolute Gasteiger partial charge is 0.387 e. The molecule has 3 heteroatoms. The van der Waals surface area contributed by atoms with E-state index in [-0.39, 0.29) is 5.41 Å². The molecule has 0 fully saturated rings. The quantitative estimate of drug-likeness (QED) is 0.893. The summed E-state index contributed by atoms with van der Waals surface area (Å²) in [6.45, 7) is 7.08. The van der Waals surface area contributed by atoms with Crippen LogP contribution in [0.25, 0.3) is 0 Å². The van der Waals surface area contributed by atoms with E-state index in [4.69, 9.17) is 0 Å². The maximum atomic E-state index is 10.1. The first kappa shape index (κ1) is 14.5. The van der Waals surface area contributed by atoms with E-state index in [2.05, 4.69) is 55.3 Å². The number of pyridine rings is 1. The lowest BCUT2D eigenvalue weighted by atomic mass is 9.87. The van der Waals surface area contributed by atoms with E-state index in [1.807, 2.05) is 12.1 Å². The summed E-state index contributed by atoms with van der Waals surface area (Å²) >= 11 is 0. The van der Waals surface area contributed by atoms with Crippen molar-refractivity contribution in [2.45, 2.75) is 32.3 Å². The van der Waals surface area contributed by atoms with Crippen molar-refractivity contribution in [2.24, 2.45) is 0 Å². The zero-order valence-electron chi connectivity index (χ0n) is 12.3. The normalized spacial score (nSPS) is 13.0. The number of aromatic nitrogens is 1. The topological polar surface area (TPSA) is 45.1 Å². The molecule has 3 nitrogen and oxygen atoms in total. The van der Waals surface area contributed by atoms with E-state index in [1.54, 1.807) is 12.4 Å². The number of anilines is 1. The highest BCUT2D eigenvalue weighted by Crippen LogP contribution is 2.23. The number of nitrogens with one attached hydrogen (secondary N) is 1. The molecule has 0 aliphatic heterocycles. The van der Waals surface area contributed by atoms with Gasteiger partial charge in [0, 0.05) is 24.6 Å². The Kier molecular flexibility index (Phi) is 4.40. The smallest absolute Gasteiger partial charge is 0.0963 e. The highest BCUT2D eigenvalue weighted by molar-refractivity contribution is 5.46. The molecule has 2 N–H and O–H groups in total.